The highest BCUT2D eigenvalue weighted by molar-refractivity contribution is 6.02. The van der Waals surface area contributed by atoms with Gasteiger partial charge in [0.25, 0.3) is 5.91 Å². The van der Waals surface area contributed by atoms with Crippen LogP contribution < -0.4 is 10.6 Å². The van der Waals surface area contributed by atoms with E-state index in [4.69, 9.17) is 0 Å². The van der Waals surface area contributed by atoms with E-state index in [1.807, 2.05) is 13.8 Å². The van der Waals surface area contributed by atoms with Crippen molar-refractivity contribution >= 4 is 17.4 Å². The van der Waals surface area contributed by atoms with Crippen LogP contribution in [0.25, 0.3) is 0 Å². The van der Waals surface area contributed by atoms with E-state index in [0.717, 1.165) is 12.1 Å². The summed E-state index contributed by atoms with van der Waals surface area (Å²) < 4.78 is 37.9. The van der Waals surface area contributed by atoms with Gasteiger partial charge < -0.3 is 10.6 Å². The van der Waals surface area contributed by atoms with Crippen LogP contribution in [0.1, 0.15) is 29.9 Å². The zero-order chi connectivity index (χ0) is 17.0. The Labute approximate surface area is 131 Å². The van der Waals surface area contributed by atoms with E-state index < -0.39 is 17.6 Å². The van der Waals surface area contributed by atoms with Gasteiger partial charge >= 0.3 is 6.18 Å². The van der Waals surface area contributed by atoms with E-state index in [-0.39, 0.29) is 17.4 Å². The molecule has 2 rings (SSSR count). The molecule has 0 spiro atoms. The molecule has 0 bridgehead atoms. The van der Waals surface area contributed by atoms with Gasteiger partial charge in [-0.15, -0.1) is 0 Å². The molecule has 5 nitrogen and oxygen atoms in total. The summed E-state index contributed by atoms with van der Waals surface area (Å²) in [7, 11) is 0. The molecule has 0 aliphatic heterocycles. The second-order valence-electron chi connectivity index (χ2n) is 5.12. The first-order chi connectivity index (χ1) is 10.8. The molecule has 1 aromatic heterocycles. The van der Waals surface area contributed by atoms with E-state index in [2.05, 4.69) is 20.6 Å². The van der Waals surface area contributed by atoms with Crippen molar-refractivity contribution in [3.05, 3.63) is 47.9 Å². The summed E-state index contributed by atoms with van der Waals surface area (Å²) in [5.74, 6) is -0.122. The van der Waals surface area contributed by atoms with Crippen LogP contribution >= 0.6 is 0 Å². The first-order valence-electron chi connectivity index (χ1n) is 6.83. The lowest BCUT2D eigenvalue weighted by Crippen LogP contribution is -2.16. The molecule has 0 fully saturated rings. The zero-order valence-corrected chi connectivity index (χ0v) is 12.5. The van der Waals surface area contributed by atoms with Crippen LogP contribution in [0.4, 0.5) is 24.7 Å². The average molecular weight is 324 g/mol. The standard InChI is InChI=1S/C15H15F3N4O/c1-9(2)21-13-8-19-12(7-20-13)14(23)22-11-5-3-4-10(6-11)15(16,17)18/h3-9H,1-2H3,(H,20,21)(H,22,23). The summed E-state index contributed by atoms with van der Waals surface area (Å²) in [6.07, 6.45) is -1.82. The minimum Gasteiger partial charge on any atom is -0.367 e. The summed E-state index contributed by atoms with van der Waals surface area (Å²) >= 11 is 0. The second-order valence-corrected chi connectivity index (χ2v) is 5.12. The van der Waals surface area contributed by atoms with E-state index in [9.17, 15) is 18.0 Å². The number of anilines is 2. The molecule has 0 unspecified atom stereocenters. The number of hydrogen-bond acceptors (Lipinski definition) is 4. The molecule has 1 heterocycles. The molecule has 2 aromatic rings. The molecule has 1 aromatic carbocycles. The number of alkyl halides is 3. The highest BCUT2D eigenvalue weighted by Crippen LogP contribution is 2.30. The number of nitrogens with zero attached hydrogens (tertiary/aromatic N) is 2. The fraction of sp³-hybridized carbons (Fsp3) is 0.267. The van der Waals surface area contributed by atoms with E-state index in [0.29, 0.717) is 5.82 Å². The maximum Gasteiger partial charge on any atom is 0.416 e. The number of amides is 1. The van der Waals surface area contributed by atoms with Gasteiger partial charge in [-0.3, -0.25) is 4.79 Å². The number of benzene rings is 1. The molecule has 0 aliphatic carbocycles. The Morgan fingerprint density at radius 2 is 1.91 bits per heavy atom. The topological polar surface area (TPSA) is 66.9 Å². The van der Waals surface area contributed by atoms with Gasteiger partial charge in [-0.05, 0) is 32.0 Å². The van der Waals surface area contributed by atoms with E-state index in [1.54, 1.807) is 0 Å². The number of carbonyl (C=O) groups is 1. The predicted octanol–water partition coefficient (Wildman–Crippen LogP) is 3.57. The number of rotatable bonds is 4. The fourth-order valence-corrected chi connectivity index (χ4v) is 1.78. The summed E-state index contributed by atoms with van der Waals surface area (Å²) in [6.45, 7) is 3.85. The maximum absolute atomic E-state index is 12.6. The van der Waals surface area contributed by atoms with Crippen LogP contribution in [0, 0.1) is 0 Å². The molecule has 0 saturated carbocycles. The predicted molar refractivity (Wildman–Crippen MR) is 80.2 cm³/mol. The molecule has 23 heavy (non-hydrogen) atoms. The third-order valence-corrected chi connectivity index (χ3v) is 2.77. The smallest absolute Gasteiger partial charge is 0.367 e. The van der Waals surface area contributed by atoms with Gasteiger partial charge in [-0.1, -0.05) is 6.07 Å². The molecule has 0 saturated heterocycles. The lowest BCUT2D eigenvalue weighted by atomic mass is 10.2. The Kier molecular flexibility index (Phi) is 4.83. The first-order valence-corrected chi connectivity index (χ1v) is 6.83. The van der Waals surface area contributed by atoms with Crippen molar-refractivity contribution in [1.82, 2.24) is 9.97 Å². The number of nitrogens with one attached hydrogen (secondary N) is 2. The monoisotopic (exact) mass is 324 g/mol. The van der Waals surface area contributed by atoms with Crippen molar-refractivity contribution in [2.75, 3.05) is 10.6 Å². The molecule has 8 heteroatoms. The molecule has 0 atom stereocenters. The molecule has 122 valence electrons. The van der Waals surface area contributed by atoms with Crippen molar-refractivity contribution in [2.24, 2.45) is 0 Å². The summed E-state index contributed by atoms with van der Waals surface area (Å²) in [5, 5.41) is 5.38. The lowest BCUT2D eigenvalue weighted by Gasteiger charge is -2.10. The Hall–Kier alpha value is -2.64. The molecular weight excluding hydrogens is 309 g/mol. The summed E-state index contributed by atoms with van der Waals surface area (Å²) in [5.41, 5.74) is -0.786. The Balaban J connectivity index is 2.10. The second kappa shape index (κ2) is 6.64. The Morgan fingerprint density at radius 3 is 2.48 bits per heavy atom. The summed E-state index contributed by atoms with van der Waals surface area (Å²) in [6, 6.07) is 4.55. The third-order valence-electron chi connectivity index (χ3n) is 2.77. The van der Waals surface area contributed by atoms with Crippen molar-refractivity contribution < 1.29 is 18.0 Å². The quantitative estimate of drug-likeness (QED) is 0.902. The van der Waals surface area contributed by atoms with Crippen molar-refractivity contribution in [3.63, 3.8) is 0 Å². The summed E-state index contributed by atoms with van der Waals surface area (Å²) in [4.78, 5) is 20.0. The van der Waals surface area contributed by atoms with Gasteiger partial charge in [0.05, 0.1) is 18.0 Å². The normalized spacial score (nSPS) is 11.4. The average Bonchev–Trinajstić information content (AvgIpc) is 2.46. The highest BCUT2D eigenvalue weighted by Gasteiger charge is 2.30. The zero-order valence-electron chi connectivity index (χ0n) is 12.5. The molecule has 2 N–H and O–H groups in total. The van der Waals surface area contributed by atoms with Crippen LogP contribution in [0.15, 0.2) is 36.7 Å². The largest absolute Gasteiger partial charge is 0.416 e. The van der Waals surface area contributed by atoms with Gasteiger partial charge in [0.2, 0.25) is 0 Å². The van der Waals surface area contributed by atoms with Crippen LogP contribution in [-0.2, 0) is 6.18 Å². The van der Waals surface area contributed by atoms with Crippen LogP contribution in [-0.4, -0.2) is 21.9 Å². The first kappa shape index (κ1) is 16.7. The number of aromatic nitrogens is 2. The highest BCUT2D eigenvalue weighted by atomic mass is 19.4. The number of halogens is 3. The Bertz CT molecular complexity index is 684. The van der Waals surface area contributed by atoms with Crippen molar-refractivity contribution in [3.8, 4) is 0 Å². The van der Waals surface area contributed by atoms with E-state index in [1.165, 1.54) is 24.5 Å². The van der Waals surface area contributed by atoms with E-state index >= 15 is 0 Å². The minimum atomic E-state index is -4.47. The molecule has 0 aliphatic rings. The maximum atomic E-state index is 12.6. The SMILES string of the molecule is CC(C)Nc1cnc(C(=O)Nc2cccc(C(F)(F)F)c2)cn1. The van der Waals surface area contributed by atoms with Crippen molar-refractivity contribution in [2.45, 2.75) is 26.1 Å². The van der Waals surface area contributed by atoms with Gasteiger partial charge in [0.1, 0.15) is 11.5 Å². The van der Waals surface area contributed by atoms with Gasteiger partial charge in [0, 0.05) is 11.7 Å². The van der Waals surface area contributed by atoms with Crippen LogP contribution in [0.5, 0.6) is 0 Å². The van der Waals surface area contributed by atoms with Crippen molar-refractivity contribution in [1.29, 1.82) is 0 Å². The molecule has 1 amide bonds. The van der Waals surface area contributed by atoms with Crippen LogP contribution in [0.2, 0.25) is 0 Å². The van der Waals surface area contributed by atoms with Crippen LogP contribution in [0.3, 0.4) is 0 Å². The number of hydrogen-bond donors (Lipinski definition) is 2. The van der Waals surface area contributed by atoms with Gasteiger partial charge in [-0.2, -0.15) is 13.2 Å². The molecule has 0 radical (unpaired) electrons. The minimum absolute atomic E-state index is 0.0108. The number of carbonyl (C=O) groups excluding carboxylic acids is 1. The van der Waals surface area contributed by atoms with Gasteiger partial charge in [0.15, 0.2) is 0 Å². The lowest BCUT2D eigenvalue weighted by molar-refractivity contribution is -0.137. The molecular formula is C15H15F3N4O. The third kappa shape index (κ3) is 4.67. The van der Waals surface area contributed by atoms with Gasteiger partial charge in [-0.25, -0.2) is 9.97 Å². The Morgan fingerprint density at radius 1 is 1.17 bits per heavy atom. The fourth-order valence-electron chi connectivity index (χ4n) is 1.78.